The van der Waals surface area contributed by atoms with E-state index in [1.807, 2.05) is 6.07 Å². The number of rotatable bonds is 5. The van der Waals surface area contributed by atoms with Crippen LogP contribution in [0.2, 0.25) is 4.34 Å². The lowest BCUT2D eigenvalue weighted by Crippen LogP contribution is -2.43. The molecule has 1 aliphatic heterocycles. The standard InChI is InChI=1S/C17H18ClFN2O3S2/c18-16-6-5-13(25-16)11-20-17(22)12-7-9-21(10-8-12)26(23,24)15-4-2-1-3-14(15)19/h1-6,12H,7-11H2,(H,20,22). The lowest BCUT2D eigenvalue weighted by atomic mass is 9.97. The summed E-state index contributed by atoms with van der Waals surface area (Å²) in [4.78, 5) is 12.9. The van der Waals surface area contributed by atoms with Gasteiger partial charge in [-0.1, -0.05) is 23.7 Å². The van der Waals surface area contributed by atoms with E-state index in [9.17, 15) is 17.6 Å². The summed E-state index contributed by atoms with van der Waals surface area (Å²) in [6.45, 7) is 0.795. The number of benzene rings is 1. The van der Waals surface area contributed by atoms with E-state index in [1.165, 1.54) is 33.8 Å². The summed E-state index contributed by atoms with van der Waals surface area (Å²) >= 11 is 7.27. The van der Waals surface area contributed by atoms with Gasteiger partial charge in [0.1, 0.15) is 10.7 Å². The van der Waals surface area contributed by atoms with Crippen molar-refractivity contribution in [3.8, 4) is 0 Å². The maximum Gasteiger partial charge on any atom is 0.245 e. The van der Waals surface area contributed by atoms with E-state index in [0.29, 0.717) is 23.7 Å². The second-order valence-corrected chi connectivity index (χ2v) is 9.74. The maximum absolute atomic E-state index is 13.8. The third-order valence-corrected chi connectivity index (χ3v) is 7.51. The van der Waals surface area contributed by atoms with Gasteiger partial charge in [-0.15, -0.1) is 11.3 Å². The largest absolute Gasteiger partial charge is 0.351 e. The predicted molar refractivity (Wildman–Crippen MR) is 99.1 cm³/mol. The van der Waals surface area contributed by atoms with Crippen molar-refractivity contribution in [3.63, 3.8) is 0 Å². The average molecular weight is 417 g/mol. The molecule has 1 fully saturated rings. The van der Waals surface area contributed by atoms with Gasteiger partial charge >= 0.3 is 0 Å². The Morgan fingerprint density at radius 2 is 1.92 bits per heavy atom. The van der Waals surface area contributed by atoms with Crippen LogP contribution in [0, 0.1) is 11.7 Å². The van der Waals surface area contributed by atoms with Crippen molar-refractivity contribution in [2.75, 3.05) is 13.1 Å². The van der Waals surface area contributed by atoms with Gasteiger partial charge in [0.05, 0.1) is 10.9 Å². The van der Waals surface area contributed by atoms with Crippen LogP contribution in [0.25, 0.3) is 0 Å². The Kier molecular flexibility index (Phi) is 5.96. The number of thiophene rings is 1. The number of carbonyl (C=O) groups is 1. The van der Waals surface area contributed by atoms with Gasteiger partial charge in [0, 0.05) is 23.9 Å². The molecule has 0 unspecified atom stereocenters. The van der Waals surface area contributed by atoms with E-state index >= 15 is 0 Å². The van der Waals surface area contributed by atoms with Gasteiger partial charge in [0.15, 0.2) is 0 Å². The average Bonchev–Trinajstić information content (AvgIpc) is 3.05. The zero-order valence-corrected chi connectivity index (χ0v) is 16.2. The first-order valence-corrected chi connectivity index (χ1v) is 10.8. The van der Waals surface area contributed by atoms with Crippen LogP contribution in [0.4, 0.5) is 4.39 Å². The Hall–Kier alpha value is -1.48. The molecule has 9 heteroatoms. The number of nitrogens with one attached hydrogen (secondary N) is 1. The lowest BCUT2D eigenvalue weighted by Gasteiger charge is -2.30. The molecule has 0 bridgehead atoms. The predicted octanol–water partition coefficient (Wildman–Crippen LogP) is 3.26. The minimum atomic E-state index is -3.88. The SMILES string of the molecule is O=C(NCc1ccc(Cl)s1)C1CCN(S(=O)(=O)c2ccccc2F)CC1. The third-order valence-electron chi connectivity index (χ3n) is 4.34. The lowest BCUT2D eigenvalue weighted by molar-refractivity contribution is -0.126. The molecular formula is C17H18ClFN2O3S2. The van der Waals surface area contributed by atoms with Gasteiger partial charge in [-0.05, 0) is 37.1 Å². The van der Waals surface area contributed by atoms with E-state index in [2.05, 4.69) is 5.32 Å². The molecule has 0 radical (unpaired) electrons. The van der Waals surface area contributed by atoms with Gasteiger partial charge in [-0.25, -0.2) is 12.8 Å². The van der Waals surface area contributed by atoms with Crippen LogP contribution in [0.5, 0.6) is 0 Å². The van der Waals surface area contributed by atoms with Crippen LogP contribution in [0.3, 0.4) is 0 Å². The molecular weight excluding hydrogens is 399 g/mol. The van der Waals surface area contributed by atoms with Crippen molar-refractivity contribution in [2.45, 2.75) is 24.3 Å². The Morgan fingerprint density at radius 3 is 2.54 bits per heavy atom. The topological polar surface area (TPSA) is 66.5 Å². The van der Waals surface area contributed by atoms with E-state index in [4.69, 9.17) is 11.6 Å². The molecule has 1 aromatic carbocycles. The number of sulfonamides is 1. The van der Waals surface area contributed by atoms with Crippen LogP contribution in [-0.4, -0.2) is 31.7 Å². The van der Waals surface area contributed by atoms with Crippen LogP contribution >= 0.6 is 22.9 Å². The van der Waals surface area contributed by atoms with Crippen molar-refractivity contribution in [1.29, 1.82) is 0 Å². The number of carbonyl (C=O) groups excluding carboxylic acids is 1. The molecule has 26 heavy (non-hydrogen) atoms. The maximum atomic E-state index is 13.8. The Bertz CT molecular complexity index is 893. The van der Waals surface area contributed by atoms with Gasteiger partial charge in [0.25, 0.3) is 0 Å². The highest BCUT2D eigenvalue weighted by molar-refractivity contribution is 7.89. The number of nitrogens with zero attached hydrogens (tertiary/aromatic N) is 1. The summed E-state index contributed by atoms with van der Waals surface area (Å²) in [6.07, 6.45) is 0.815. The summed E-state index contributed by atoms with van der Waals surface area (Å²) < 4.78 is 40.9. The number of piperidine rings is 1. The van der Waals surface area contributed by atoms with E-state index < -0.39 is 15.8 Å². The van der Waals surface area contributed by atoms with E-state index in [1.54, 1.807) is 6.07 Å². The van der Waals surface area contributed by atoms with Gasteiger partial charge in [-0.3, -0.25) is 4.79 Å². The first kappa shape index (κ1) is 19.3. The summed E-state index contributed by atoms with van der Waals surface area (Å²) in [7, 11) is -3.88. The number of hydrogen-bond donors (Lipinski definition) is 1. The van der Waals surface area contributed by atoms with Crippen molar-refractivity contribution in [1.82, 2.24) is 9.62 Å². The normalized spacial score (nSPS) is 16.5. The molecule has 1 saturated heterocycles. The van der Waals surface area contributed by atoms with E-state index in [0.717, 1.165) is 10.9 Å². The highest BCUT2D eigenvalue weighted by atomic mass is 35.5. The quantitative estimate of drug-likeness (QED) is 0.813. The number of halogens is 2. The summed E-state index contributed by atoms with van der Waals surface area (Å²) in [5.41, 5.74) is 0. The molecule has 2 aromatic rings. The molecule has 5 nitrogen and oxygen atoms in total. The molecule has 0 spiro atoms. The highest BCUT2D eigenvalue weighted by Crippen LogP contribution is 2.26. The molecule has 0 aliphatic carbocycles. The fourth-order valence-corrected chi connectivity index (χ4v) is 5.48. The molecule has 1 N–H and O–H groups in total. The van der Waals surface area contributed by atoms with Gasteiger partial charge in [0.2, 0.25) is 15.9 Å². The minimum Gasteiger partial charge on any atom is -0.351 e. The van der Waals surface area contributed by atoms with Crippen molar-refractivity contribution in [3.05, 3.63) is 51.4 Å². The first-order chi connectivity index (χ1) is 12.4. The fraction of sp³-hybridized carbons (Fsp3) is 0.353. The Balaban J connectivity index is 1.57. The monoisotopic (exact) mass is 416 g/mol. The van der Waals surface area contributed by atoms with Crippen molar-refractivity contribution in [2.24, 2.45) is 5.92 Å². The number of hydrogen-bond acceptors (Lipinski definition) is 4. The first-order valence-electron chi connectivity index (χ1n) is 8.14. The van der Waals surface area contributed by atoms with Gasteiger partial charge in [-0.2, -0.15) is 4.31 Å². The molecule has 2 heterocycles. The van der Waals surface area contributed by atoms with Crippen LogP contribution in [0.1, 0.15) is 17.7 Å². The zero-order chi connectivity index (χ0) is 18.7. The fourth-order valence-electron chi connectivity index (χ4n) is 2.92. The summed E-state index contributed by atoms with van der Waals surface area (Å²) in [5, 5.41) is 2.86. The molecule has 0 saturated carbocycles. The van der Waals surface area contributed by atoms with Gasteiger partial charge < -0.3 is 5.32 Å². The second kappa shape index (κ2) is 8.04. The molecule has 140 valence electrons. The minimum absolute atomic E-state index is 0.0996. The molecule has 1 aliphatic rings. The highest BCUT2D eigenvalue weighted by Gasteiger charge is 2.33. The third kappa shape index (κ3) is 4.25. The summed E-state index contributed by atoms with van der Waals surface area (Å²) in [5.74, 6) is -1.11. The molecule has 0 atom stereocenters. The summed E-state index contributed by atoms with van der Waals surface area (Å²) in [6, 6.07) is 8.97. The Morgan fingerprint density at radius 1 is 1.23 bits per heavy atom. The van der Waals surface area contributed by atoms with E-state index in [-0.39, 0.29) is 29.8 Å². The smallest absolute Gasteiger partial charge is 0.245 e. The van der Waals surface area contributed by atoms with Crippen LogP contribution in [-0.2, 0) is 21.4 Å². The van der Waals surface area contributed by atoms with Crippen molar-refractivity contribution < 1.29 is 17.6 Å². The second-order valence-electron chi connectivity index (χ2n) is 6.03. The molecule has 1 amide bonds. The Labute approximate surface area is 160 Å². The van der Waals surface area contributed by atoms with Crippen LogP contribution in [0.15, 0.2) is 41.3 Å². The molecule has 3 rings (SSSR count). The van der Waals surface area contributed by atoms with Crippen LogP contribution < -0.4 is 5.32 Å². The molecule has 1 aromatic heterocycles. The van der Waals surface area contributed by atoms with Crippen molar-refractivity contribution >= 4 is 38.9 Å². The zero-order valence-electron chi connectivity index (χ0n) is 13.8. The number of amides is 1.